The standard InChI is InChI=1S/C20H21N5O4/c1-12(10-26)25-14-7-3-2-6-13(14)24-11-21-15(16(24)18(25)27)17-22-19(29-23-17)20(28)8-4-5-9-20/h2-3,6-7,11-12,26,28H,4-5,8-10H2,1H3. The van der Waals surface area contributed by atoms with Crippen LogP contribution in [0.4, 0.5) is 0 Å². The number of nitrogens with zero attached hydrogens (tertiary/aromatic N) is 5. The Morgan fingerprint density at radius 3 is 2.69 bits per heavy atom. The summed E-state index contributed by atoms with van der Waals surface area (Å²) in [4.78, 5) is 22.1. The van der Waals surface area contributed by atoms with Crippen molar-refractivity contribution in [2.75, 3.05) is 6.61 Å². The van der Waals surface area contributed by atoms with Gasteiger partial charge in [-0.15, -0.1) is 0 Å². The summed E-state index contributed by atoms with van der Waals surface area (Å²) < 4.78 is 8.60. The molecule has 2 N–H and O–H groups in total. The first-order chi connectivity index (χ1) is 14.0. The zero-order valence-corrected chi connectivity index (χ0v) is 15.9. The molecule has 0 spiro atoms. The van der Waals surface area contributed by atoms with Crippen LogP contribution < -0.4 is 5.56 Å². The molecular formula is C20H21N5O4. The fourth-order valence-corrected chi connectivity index (χ4v) is 4.20. The quantitative estimate of drug-likeness (QED) is 0.542. The van der Waals surface area contributed by atoms with Gasteiger partial charge in [-0.05, 0) is 44.7 Å². The van der Waals surface area contributed by atoms with Crippen LogP contribution in [0.3, 0.4) is 0 Å². The molecule has 0 saturated heterocycles. The van der Waals surface area contributed by atoms with Gasteiger partial charge in [0.1, 0.15) is 23.1 Å². The van der Waals surface area contributed by atoms with E-state index in [0.29, 0.717) is 23.9 Å². The molecule has 1 aromatic carbocycles. The number of fused-ring (bicyclic) bond motifs is 3. The second-order valence-electron chi connectivity index (χ2n) is 7.67. The van der Waals surface area contributed by atoms with E-state index in [9.17, 15) is 15.0 Å². The maximum absolute atomic E-state index is 13.4. The number of aromatic nitrogens is 5. The van der Waals surface area contributed by atoms with E-state index >= 15 is 0 Å². The zero-order valence-electron chi connectivity index (χ0n) is 15.9. The summed E-state index contributed by atoms with van der Waals surface area (Å²) in [6.45, 7) is 1.60. The lowest BCUT2D eigenvalue weighted by Gasteiger charge is -2.17. The fourth-order valence-electron chi connectivity index (χ4n) is 4.20. The lowest BCUT2D eigenvalue weighted by molar-refractivity contribution is 0.0112. The third kappa shape index (κ3) is 2.61. The number of aliphatic hydroxyl groups is 2. The van der Waals surface area contributed by atoms with Gasteiger partial charge in [-0.25, -0.2) is 4.98 Å². The van der Waals surface area contributed by atoms with E-state index in [2.05, 4.69) is 15.1 Å². The van der Waals surface area contributed by atoms with Crippen LogP contribution in [-0.4, -0.2) is 40.9 Å². The van der Waals surface area contributed by atoms with Crippen molar-refractivity contribution in [3.8, 4) is 11.5 Å². The van der Waals surface area contributed by atoms with Crippen molar-refractivity contribution in [1.82, 2.24) is 24.1 Å². The van der Waals surface area contributed by atoms with Crippen molar-refractivity contribution < 1.29 is 14.7 Å². The lowest BCUT2D eigenvalue weighted by Crippen LogP contribution is -2.27. The van der Waals surface area contributed by atoms with Crippen molar-refractivity contribution in [1.29, 1.82) is 0 Å². The van der Waals surface area contributed by atoms with E-state index in [1.165, 1.54) is 0 Å². The number of hydrogen-bond acceptors (Lipinski definition) is 7. The highest BCUT2D eigenvalue weighted by Crippen LogP contribution is 2.38. The lowest BCUT2D eigenvalue weighted by atomic mass is 10.0. The zero-order chi connectivity index (χ0) is 20.2. The van der Waals surface area contributed by atoms with Crippen LogP contribution in [0, 0.1) is 0 Å². The van der Waals surface area contributed by atoms with E-state index in [1.54, 1.807) is 22.2 Å². The molecular weight excluding hydrogens is 374 g/mol. The first-order valence-corrected chi connectivity index (χ1v) is 9.71. The van der Waals surface area contributed by atoms with Crippen molar-refractivity contribution in [2.24, 2.45) is 0 Å². The molecule has 3 heterocycles. The third-order valence-electron chi connectivity index (χ3n) is 5.76. The maximum atomic E-state index is 13.4. The molecule has 3 aromatic heterocycles. The summed E-state index contributed by atoms with van der Waals surface area (Å²) >= 11 is 0. The topological polar surface area (TPSA) is 119 Å². The molecule has 1 saturated carbocycles. The summed E-state index contributed by atoms with van der Waals surface area (Å²) in [6, 6.07) is 7.03. The minimum atomic E-state index is -1.11. The molecule has 1 atom stereocenters. The smallest absolute Gasteiger partial charge is 0.278 e. The SMILES string of the molecule is CC(CO)n1c(=O)c2c(-c3noc(C4(O)CCCC4)n3)ncn2c2ccccc21. The van der Waals surface area contributed by atoms with Gasteiger partial charge in [0, 0.05) is 0 Å². The van der Waals surface area contributed by atoms with Crippen LogP contribution in [0.2, 0.25) is 0 Å². The monoisotopic (exact) mass is 395 g/mol. The Bertz CT molecular complexity index is 1270. The average molecular weight is 395 g/mol. The molecule has 0 radical (unpaired) electrons. The first-order valence-electron chi connectivity index (χ1n) is 9.71. The van der Waals surface area contributed by atoms with Gasteiger partial charge in [0.15, 0.2) is 0 Å². The Labute approximate surface area is 165 Å². The van der Waals surface area contributed by atoms with Gasteiger partial charge in [-0.3, -0.25) is 13.8 Å². The normalized spacial score (nSPS) is 17.3. The van der Waals surface area contributed by atoms with E-state index < -0.39 is 11.6 Å². The van der Waals surface area contributed by atoms with Crippen molar-refractivity contribution in [3.05, 3.63) is 46.8 Å². The number of imidazole rings is 1. The van der Waals surface area contributed by atoms with Crippen LogP contribution in [0.1, 0.15) is 44.5 Å². The Kier molecular flexibility index (Phi) is 4.04. The average Bonchev–Trinajstić information content (AvgIpc) is 3.47. The van der Waals surface area contributed by atoms with Gasteiger partial charge in [0.05, 0.1) is 23.7 Å². The number of aliphatic hydroxyl groups excluding tert-OH is 1. The Morgan fingerprint density at radius 2 is 1.97 bits per heavy atom. The first kappa shape index (κ1) is 18.0. The minimum absolute atomic E-state index is 0.163. The third-order valence-corrected chi connectivity index (χ3v) is 5.76. The predicted octanol–water partition coefficient (Wildman–Crippen LogP) is 2.01. The molecule has 9 heteroatoms. The molecule has 29 heavy (non-hydrogen) atoms. The van der Waals surface area contributed by atoms with Crippen molar-refractivity contribution in [2.45, 2.75) is 44.2 Å². The van der Waals surface area contributed by atoms with E-state index in [4.69, 9.17) is 4.52 Å². The molecule has 5 rings (SSSR count). The minimum Gasteiger partial charge on any atom is -0.394 e. The highest BCUT2D eigenvalue weighted by Gasteiger charge is 2.39. The highest BCUT2D eigenvalue weighted by molar-refractivity contribution is 5.83. The van der Waals surface area contributed by atoms with Gasteiger partial charge in [0.25, 0.3) is 11.4 Å². The van der Waals surface area contributed by atoms with Gasteiger partial charge in [0.2, 0.25) is 5.82 Å². The maximum Gasteiger partial charge on any atom is 0.278 e. The van der Waals surface area contributed by atoms with Crippen LogP contribution in [0.15, 0.2) is 39.9 Å². The number of benzene rings is 1. The summed E-state index contributed by atoms with van der Waals surface area (Å²) in [5, 5.41) is 24.4. The molecule has 0 aliphatic heterocycles. The highest BCUT2D eigenvalue weighted by atomic mass is 16.5. The van der Waals surface area contributed by atoms with Crippen LogP contribution in [-0.2, 0) is 5.60 Å². The van der Waals surface area contributed by atoms with Gasteiger partial charge in [-0.1, -0.05) is 17.3 Å². The van der Waals surface area contributed by atoms with Crippen LogP contribution >= 0.6 is 0 Å². The summed E-state index contributed by atoms with van der Waals surface area (Å²) in [5.41, 5.74) is 0.651. The van der Waals surface area contributed by atoms with Crippen LogP contribution in [0.25, 0.3) is 28.1 Å². The molecule has 4 aromatic rings. The number of rotatable bonds is 4. The van der Waals surface area contributed by atoms with Gasteiger partial charge < -0.3 is 14.7 Å². The van der Waals surface area contributed by atoms with E-state index in [0.717, 1.165) is 18.4 Å². The van der Waals surface area contributed by atoms with E-state index in [1.807, 2.05) is 24.3 Å². The molecule has 1 aliphatic rings. The molecule has 0 amide bonds. The number of hydrogen-bond donors (Lipinski definition) is 2. The predicted molar refractivity (Wildman–Crippen MR) is 104 cm³/mol. The van der Waals surface area contributed by atoms with Crippen LogP contribution in [0.5, 0.6) is 0 Å². The summed E-state index contributed by atoms with van der Waals surface area (Å²) in [5.74, 6) is 0.328. The fraction of sp³-hybridized carbons (Fsp3) is 0.400. The molecule has 1 unspecified atom stereocenters. The Morgan fingerprint density at radius 1 is 1.24 bits per heavy atom. The van der Waals surface area contributed by atoms with Crippen molar-refractivity contribution in [3.63, 3.8) is 0 Å². The molecule has 9 nitrogen and oxygen atoms in total. The van der Waals surface area contributed by atoms with Gasteiger partial charge in [-0.2, -0.15) is 4.98 Å². The summed E-state index contributed by atoms with van der Waals surface area (Å²) in [6.07, 6.45) is 4.51. The summed E-state index contributed by atoms with van der Waals surface area (Å²) in [7, 11) is 0. The van der Waals surface area contributed by atoms with E-state index in [-0.39, 0.29) is 29.6 Å². The molecule has 0 bridgehead atoms. The Hall–Kier alpha value is -3.04. The number of para-hydroxylation sites is 2. The molecule has 1 fully saturated rings. The largest absolute Gasteiger partial charge is 0.394 e. The molecule has 150 valence electrons. The van der Waals surface area contributed by atoms with Crippen molar-refractivity contribution >= 4 is 16.6 Å². The second kappa shape index (κ2) is 6.50. The molecule has 1 aliphatic carbocycles. The second-order valence-corrected chi connectivity index (χ2v) is 7.67. The Balaban J connectivity index is 1.76. The van der Waals surface area contributed by atoms with Gasteiger partial charge >= 0.3 is 0 Å².